The zero-order valence-corrected chi connectivity index (χ0v) is 10.7. The van der Waals surface area contributed by atoms with E-state index in [0.717, 1.165) is 4.47 Å². The number of carbonyl (C=O) groups is 1. The quantitative estimate of drug-likeness (QED) is 0.793. The molecule has 0 spiro atoms. The molecule has 0 unspecified atom stereocenters. The fraction of sp³-hybridized carbons (Fsp3) is 0.0769. The summed E-state index contributed by atoms with van der Waals surface area (Å²) < 4.78 is 14.1. The molecule has 0 aliphatic heterocycles. The summed E-state index contributed by atoms with van der Waals surface area (Å²) in [6.07, 6.45) is 1.54. The van der Waals surface area contributed by atoms with Crippen molar-refractivity contribution in [1.82, 2.24) is 4.98 Å². The van der Waals surface area contributed by atoms with Gasteiger partial charge in [-0.2, -0.15) is 0 Å². The third kappa shape index (κ3) is 2.58. The van der Waals surface area contributed by atoms with Crippen molar-refractivity contribution < 1.29 is 9.18 Å². The van der Waals surface area contributed by atoms with Crippen molar-refractivity contribution in [2.75, 3.05) is 0 Å². The summed E-state index contributed by atoms with van der Waals surface area (Å²) in [5.74, 6) is -0.663. The van der Waals surface area contributed by atoms with Crippen LogP contribution in [0.2, 0.25) is 0 Å². The van der Waals surface area contributed by atoms with Gasteiger partial charge < -0.3 is 0 Å². The zero-order chi connectivity index (χ0) is 12.4. The van der Waals surface area contributed by atoms with E-state index in [-0.39, 0.29) is 11.6 Å². The maximum atomic E-state index is 13.3. The van der Waals surface area contributed by atoms with Crippen LogP contribution in [0.25, 0.3) is 0 Å². The van der Waals surface area contributed by atoms with Gasteiger partial charge in [-0.3, -0.25) is 9.78 Å². The third-order valence-electron chi connectivity index (χ3n) is 2.39. The highest BCUT2D eigenvalue weighted by Gasteiger charge is 2.11. The van der Waals surface area contributed by atoms with Gasteiger partial charge in [0.25, 0.3) is 0 Å². The van der Waals surface area contributed by atoms with Gasteiger partial charge in [-0.1, -0.05) is 12.1 Å². The zero-order valence-electron chi connectivity index (χ0n) is 9.08. The lowest BCUT2D eigenvalue weighted by molar-refractivity contribution is 0.103. The third-order valence-corrected chi connectivity index (χ3v) is 2.86. The first-order valence-electron chi connectivity index (χ1n) is 5.00. The van der Waals surface area contributed by atoms with Gasteiger partial charge in [0.1, 0.15) is 11.5 Å². The van der Waals surface area contributed by atoms with Crippen LogP contribution in [-0.2, 0) is 0 Å². The number of hydrogen-bond donors (Lipinski definition) is 0. The SMILES string of the molecule is Cc1ccc(C(=O)c2ccc(Br)cn2)cc1F. The molecular weight excluding hydrogens is 285 g/mol. The van der Waals surface area contributed by atoms with E-state index in [4.69, 9.17) is 0 Å². The lowest BCUT2D eigenvalue weighted by Crippen LogP contribution is -2.04. The van der Waals surface area contributed by atoms with E-state index in [1.165, 1.54) is 12.3 Å². The Morgan fingerprint density at radius 1 is 1.29 bits per heavy atom. The van der Waals surface area contributed by atoms with E-state index < -0.39 is 0 Å². The summed E-state index contributed by atoms with van der Waals surface area (Å²) in [5.41, 5.74) is 1.13. The second kappa shape index (κ2) is 4.75. The Morgan fingerprint density at radius 2 is 2.06 bits per heavy atom. The van der Waals surface area contributed by atoms with Crippen molar-refractivity contribution in [3.05, 3.63) is 63.6 Å². The number of aromatic nitrogens is 1. The Hall–Kier alpha value is -1.55. The number of hydrogen-bond acceptors (Lipinski definition) is 2. The highest BCUT2D eigenvalue weighted by molar-refractivity contribution is 9.10. The Kier molecular flexibility index (Phi) is 3.33. The predicted octanol–water partition coefficient (Wildman–Crippen LogP) is 3.52. The number of halogens is 2. The van der Waals surface area contributed by atoms with Gasteiger partial charge >= 0.3 is 0 Å². The van der Waals surface area contributed by atoms with Crippen LogP contribution < -0.4 is 0 Å². The van der Waals surface area contributed by atoms with Gasteiger partial charge in [-0.25, -0.2) is 4.39 Å². The van der Waals surface area contributed by atoms with Crippen LogP contribution in [0, 0.1) is 12.7 Å². The number of aryl methyl sites for hydroxylation is 1. The Bertz CT molecular complexity index is 566. The van der Waals surface area contributed by atoms with Crippen molar-refractivity contribution in [2.45, 2.75) is 6.92 Å². The lowest BCUT2D eigenvalue weighted by atomic mass is 10.1. The molecule has 4 heteroatoms. The maximum Gasteiger partial charge on any atom is 0.211 e. The molecule has 0 amide bonds. The summed E-state index contributed by atoms with van der Waals surface area (Å²) in [6.45, 7) is 1.65. The van der Waals surface area contributed by atoms with Gasteiger partial charge in [-0.05, 0) is 46.6 Å². The van der Waals surface area contributed by atoms with E-state index in [2.05, 4.69) is 20.9 Å². The van der Waals surface area contributed by atoms with Crippen molar-refractivity contribution in [3.63, 3.8) is 0 Å². The smallest absolute Gasteiger partial charge is 0.211 e. The molecule has 0 N–H and O–H groups in total. The van der Waals surface area contributed by atoms with Crippen LogP contribution in [0.5, 0.6) is 0 Å². The molecule has 86 valence electrons. The normalized spacial score (nSPS) is 10.3. The Morgan fingerprint density at radius 3 is 2.65 bits per heavy atom. The van der Waals surface area contributed by atoms with Gasteiger partial charge in [-0.15, -0.1) is 0 Å². The predicted molar refractivity (Wildman–Crippen MR) is 66.5 cm³/mol. The molecule has 1 aromatic heterocycles. The maximum absolute atomic E-state index is 13.3. The molecule has 17 heavy (non-hydrogen) atoms. The molecular formula is C13H9BrFNO. The van der Waals surface area contributed by atoms with E-state index in [9.17, 15) is 9.18 Å². The Labute approximate surface area is 107 Å². The first-order chi connectivity index (χ1) is 8.08. The minimum absolute atomic E-state index is 0.281. The molecule has 0 aliphatic carbocycles. The first kappa shape index (κ1) is 11.9. The molecule has 0 bridgehead atoms. The summed E-state index contributed by atoms with van der Waals surface area (Å²) in [6, 6.07) is 7.75. The molecule has 0 radical (unpaired) electrons. The minimum Gasteiger partial charge on any atom is -0.287 e. The fourth-order valence-electron chi connectivity index (χ4n) is 1.39. The molecule has 2 nitrogen and oxygen atoms in total. The van der Waals surface area contributed by atoms with Crippen molar-refractivity contribution in [1.29, 1.82) is 0 Å². The Balaban J connectivity index is 2.37. The van der Waals surface area contributed by atoms with Crippen LogP contribution in [-0.4, -0.2) is 10.8 Å². The number of pyridine rings is 1. The van der Waals surface area contributed by atoms with Crippen LogP contribution in [0.1, 0.15) is 21.6 Å². The molecule has 0 aliphatic rings. The van der Waals surface area contributed by atoms with Gasteiger partial charge in [0.15, 0.2) is 0 Å². The van der Waals surface area contributed by atoms with Crippen molar-refractivity contribution >= 4 is 21.7 Å². The van der Waals surface area contributed by atoms with Crippen LogP contribution in [0.3, 0.4) is 0 Å². The number of carbonyl (C=O) groups excluding carboxylic acids is 1. The van der Waals surface area contributed by atoms with Crippen molar-refractivity contribution in [3.8, 4) is 0 Å². The first-order valence-corrected chi connectivity index (χ1v) is 5.79. The number of benzene rings is 1. The van der Waals surface area contributed by atoms with Crippen LogP contribution in [0.4, 0.5) is 4.39 Å². The van der Waals surface area contributed by atoms with Crippen LogP contribution in [0.15, 0.2) is 41.0 Å². The molecule has 2 rings (SSSR count). The molecule has 2 aromatic rings. The van der Waals surface area contributed by atoms with E-state index in [1.54, 1.807) is 31.2 Å². The fourth-order valence-corrected chi connectivity index (χ4v) is 1.63. The molecule has 0 fully saturated rings. The van der Waals surface area contributed by atoms with Gasteiger partial charge in [0.05, 0.1) is 0 Å². The molecule has 0 saturated heterocycles. The van der Waals surface area contributed by atoms with Gasteiger partial charge in [0, 0.05) is 16.2 Å². The number of ketones is 1. The molecule has 1 aromatic carbocycles. The average molecular weight is 294 g/mol. The average Bonchev–Trinajstić information content (AvgIpc) is 2.33. The largest absolute Gasteiger partial charge is 0.287 e. The van der Waals surface area contributed by atoms with E-state index >= 15 is 0 Å². The second-order valence-corrected chi connectivity index (χ2v) is 4.57. The van der Waals surface area contributed by atoms with Crippen molar-refractivity contribution in [2.24, 2.45) is 0 Å². The molecule has 1 heterocycles. The van der Waals surface area contributed by atoms with E-state index in [1.807, 2.05) is 0 Å². The monoisotopic (exact) mass is 293 g/mol. The van der Waals surface area contributed by atoms with E-state index in [0.29, 0.717) is 16.8 Å². The minimum atomic E-state index is -0.382. The molecule has 0 saturated carbocycles. The molecule has 0 atom stereocenters. The van der Waals surface area contributed by atoms with Gasteiger partial charge in [0.2, 0.25) is 5.78 Å². The second-order valence-electron chi connectivity index (χ2n) is 3.65. The summed E-state index contributed by atoms with van der Waals surface area (Å²) in [4.78, 5) is 16.0. The summed E-state index contributed by atoms with van der Waals surface area (Å²) in [5, 5.41) is 0. The summed E-state index contributed by atoms with van der Waals surface area (Å²) >= 11 is 3.24. The topological polar surface area (TPSA) is 30.0 Å². The number of nitrogens with zero attached hydrogens (tertiary/aromatic N) is 1. The van der Waals surface area contributed by atoms with Crippen LogP contribution >= 0.6 is 15.9 Å². The summed E-state index contributed by atoms with van der Waals surface area (Å²) in [7, 11) is 0. The standard InChI is InChI=1S/C13H9BrFNO/c1-8-2-3-9(6-11(8)15)13(17)12-5-4-10(14)7-16-12/h2-7H,1H3. The number of rotatable bonds is 2. The highest BCUT2D eigenvalue weighted by Crippen LogP contribution is 2.14. The highest BCUT2D eigenvalue weighted by atomic mass is 79.9. The lowest BCUT2D eigenvalue weighted by Gasteiger charge is -2.02.